The SMILES string of the molecule is CCC(C)(I)C(=O)OC1CCC(C(O)(CC)CC)CC1. The third-order valence-corrected chi connectivity index (χ3v) is 6.23. The Kier molecular flexibility index (Phi) is 6.77. The fourth-order valence-electron chi connectivity index (χ4n) is 2.96. The standard InChI is InChI=1S/C16H29IO3/c1-5-15(4,17)14(18)20-13-10-8-12(9-11-13)16(19,6-2)7-3/h12-13,19H,5-11H2,1-4H3. The number of halogens is 1. The first kappa shape index (κ1) is 18.2. The van der Waals surface area contributed by atoms with E-state index in [1.54, 1.807) is 0 Å². The first-order valence-electron chi connectivity index (χ1n) is 7.91. The van der Waals surface area contributed by atoms with Crippen LogP contribution in [0.3, 0.4) is 0 Å². The molecule has 0 radical (unpaired) electrons. The lowest BCUT2D eigenvalue weighted by Crippen LogP contribution is -2.41. The van der Waals surface area contributed by atoms with Gasteiger partial charge < -0.3 is 9.84 Å². The number of carbonyl (C=O) groups excluding carboxylic acids is 1. The average Bonchev–Trinajstić information content (AvgIpc) is 2.47. The molecular weight excluding hydrogens is 367 g/mol. The summed E-state index contributed by atoms with van der Waals surface area (Å²) in [6.45, 7) is 8.04. The van der Waals surface area contributed by atoms with E-state index in [9.17, 15) is 9.90 Å². The highest BCUT2D eigenvalue weighted by Gasteiger charge is 2.38. The second kappa shape index (κ2) is 7.43. The lowest BCUT2D eigenvalue weighted by atomic mass is 9.73. The van der Waals surface area contributed by atoms with Gasteiger partial charge in [-0.15, -0.1) is 0 Å². The van der Waals surface area contributed by atoms with Crippen molar-refractivity contribution in [2.45, 2.75) is 87.8 Å². The van der Waals surface area contributed by atoms with E-state index in [2.05, 4.69) is 36.4 Å². The molecule has 3 nitrogen and oxygen atoms in total. The number of ether oxygens (including phenoxy) is 1. The summed E-state index contributed by atoms with van der Waals surface area (Å²) in [7, 11) is 0. The quantitative estimate of drug-likeness (QED) is 0.415. The summed E-state index contributed by atoms with van der Waals surface area (Å²) in [6, 6.07) is 0. The Hall–Kier alpha value is 0.160. The first-order chi connectivity index (χ1) is 9.29. The molecule has 1 aliphatic rings. The molecular formula is C16H29IO3. The largest absolute Gasteiger partial charge is 0.461 e. The number of hydrogen-bond donors (Lipinski definition) is 1. The number of rotatable bonds is 6. The normalized spacial score (nSPS) is 26.9. The average molecular weight is 396 g/mol. The number of alkyl halides is 1. The lowest BCUT2D eigenvalue weighted by molar-refractivity contribution is -0.154. The second-order valence-corrected chi connectivity index (χ2v) is 8.62. The highest BCUT2D eigenvalue weighted by atomic mass is 127. The van der Waals surface area contributed by atoms with Crippen LogP contribution in [0.4, 0.5) is 0 Å². The fraction of sp³-hybridized carbons (Fsp3) is 0.938. The Bertz CT molecular complexity index is 316. The number of hydrogen-bond acceptors (Lipinski definition) is 3. The third-order valence-electron chi connectivity index (χ3n) is 5.02. The van der Waals surface area contributed by atoms with Crippen molar-refractivity contribution in [2.75, 3.05) is 0 Å². The van der Waals surface area contributed by atoms with Crippen LogP contribution in [0, 0.1) is 5.92 Å². The van der Waals surface area contributed by atoms with Crippen LogP contribution < -0.4 is 0 Å². The van der Waals surface area contributed by atoms with Gasteiger partial charge in [0.1, 0.15) is 9.53 Å². The van der Waals surface area contributed by atoms with Crippen LogP contribution in [0.25, 0.3) is 0 Å². The van der Waals surface area contributed by atoms with Gasteiger partial charge in [-0.05, 0) is 57.8 Å². The molecule has 0 amide bonds. The van der Waals surface area contributed by atoms with E-state index in [1.165, 1.54) is 0 Å². The van der Waals surface area contributed by atoms with Gasteiger partial charge in [0, 0.05) is 0 Å². The van der Waals surface area contributed by atoms with Crippen molar-refractivity contribution in [2.24, 2.45) is 5.92 Å². The summed E-state index contributed by atoms with van der Waals surface area (Å²) in [5.74, 6) is 0.259. The molecule has 0 heterocycles. The van der Waals surface area contributed by atoms with E-state index in [4.69, 9.17) is 4.74 Å². The maximum atomic E-state index is 12.1. The number of aliphatic hydroxyl groups is 1. The van der Waals surface area contributed by atoms with Crippen LogP contribution in [-0.4, -0.2) is 26.2 Å². The topological polar surface area (TPSA) is 46.5 Å². The molecule has 1 rings (SSSR count). The van der Waals surface area contributed by atoms with Crippen LogP contribution in [0.1, 0.15) is 72.6 Å². The molecule has 1 aliphatic carbocycles. The fourth-order valence-corrected chi connectivity index (χ4v) is 3.09. The highest BCUT2D eigenvalue weighted by Crippen LogP contribution is 2.38. The molecule has 0 saturated heterocycles. The number of carbonyl (C=O) groups is 1. The maximum Gasteiger partial charge on any atom is 0.322 e. The van der Waals surface area contributed by atoms with Crippen molar-refractivity contribution < 1.29 is 14.6 Å². The van der Waals surface area contributed by atoms with E-state index in [1.807, 2.05) is 13.8 Å². The molecule has 1 unspecified atom stereocenters. The van der Waals surface area contributed by atoms with Crippen LogP contribution in [0.15, 0.2) is 0 Å². The molecule has 20 heavy (non-hydrogen) atoms. The second-order valence-electron chi connectivity index (χ2n) is 6.24. The van der Waals surface area contributed by atoms with Gasteiger partial charge in [0.25, 0.3) is 0 Å². The Morgan fingerprint density at radius 2 is 1.65 bits per heavy atom. The Labute approximate surface area is 137 Å². The van der Waals surface area contributed by atoms with Crippen LogP contribution in [-0.2, 0) is 9.53 Å². The van der Waals surface area contributed by atoms with Gasteiger partial charge in [0.2, 0.25) is 0 Å². The van der Waals surface area contributed by atoms with E-state index in [0.717, 1.165) is 44.9 Å². The minimum Gasteiger partial charge on any atom is -0.461 e. The van der Waals surface area contributed by atoms with Gasteiger partial charge in [0.05, 0.1) is 5.60 Å². The molecule has 4 heteroatoms. The van der Waals surface area contributed by atoms with Crippen LogP contribution in [0.5, 0.6) is 0 Å². The molecule has 0 aromatic rings. The van der Waals surface area contributed by atoms with Gasteiger partial charge in [-0.2, -0.15) is 0 Å². The third kappa shape index (κ3) is 4.33. The van der Waals surface area contributed by atoms with E-state index in [-0.39, 0.29) is 12.1 Å². The maximum absolute atomic E-state index is 12.1. The van der Waals surface area contributed by atoms with Crippen LogP contribution in [0.2, 0.25) is 0 Å². The number of esters is 1. The van der Waals surface area contributed by atoms with Crippen molar-refractivity contribution in [3.63, 3.8) is 0 Å². The van der Waals surface area contributed by atoms with Gasteiger partial charge >= 0.3 is 5.97 Å². The molecule has 0 aromatic carbocycles. The predicted octanol–water partition coefficient (Wildman–Crippen LogP) is 4.24. The summed E-state index contributed by atoms with van der Waals surface area (Å²) in [6.07, 6.45) is 6.12. The summed E-state index contributed by atoms with van der Waals surface area (Å²) in [5.41, 5.74) is -0.532. The molecule has 1 atom stereocenters. The minimum absolute atomic E-state index is 0.0392. The molecule has 118 valence electrons. The summed E-state index contributed by atoms with van der Waals surface area (Å²) < 4.78 is 5.23. The first-order valence-corrected chi connectivity index (χ1v) is 8.99. The van der Waals surface area contributed by atoms with Crippen molar-refractivity contribution >= 4 is 28.6 Å². The summed E-state index contributed by atoms with van der Waals surface area (Å²) in [5, 5.41) is 10.6. The molecule has 1 fully saturated rings. The van der Waals surface area contributed by atoms with E-state index in [0.29, 0.717) is 5.92 Å². The van der Waals surface area contributed by atoms with E-state index >= 15 is 0 Å². The predicted molar refractivity (Wildman–Crippen MR) is 90.1 cm³/mol. The minimum atomic E-state index is -0.532. The van der Waals surface area contributed by atoms with E-state index < -0.39 is 9.02 Å². The van der Waals surface area contributed by atoms with Crippen molar-refractivity contribution in [1.29, 1.82) is 0 Å². The Balaban J connectivity index is 2.49. The molecule has 0 spiro atoms. The highest BCUT2D eigenvalue weighted by molar-refractivity contribution is 14.1. The Morgan fingerprint density at radius 3 is 2.05 bits per heavy atom. The molecule has 0 bridgehead atoms. The molecule has 1 saturated carbocycles. The molecule has 0 aliphatic heterocycles. The molecule has 1 N–H and O–H groups in total. The van der Waals surface area contributed by atoms with Gasteiger partial charge in [0.15, 0.2) is 0 Å². The Morgan fingerprint density at radius 1 is 1.15 bits per heavy atom. The lowest BCUT2D eigenvalue weighted by Gasteiger charge is -2.39. The van der Waals surface area contributed by atoms with Gasteiger partial charge in [-0.3, -0.25) is 4.79 Å². The summed E-state index contributed by atoms with van der Waals surface area (Å²) in [4.78, 5) is 12.1. The zero-order valence-electron chi connectivity index (χ0n) is 13.2. The zero-order chi connectivity index (χ0) is 15.4. The monoisotopic (exact) mass is 396 g/mol. The van der Waals surface area contributed by atoms with Gasteiger partial charge in [-0.1, -0.05) is 43.4 Å². The van der Waals surface area contributed by atoms with Crippen molar-refractivity contribution in [3.05, 3.63) is 0 Å². The molecule has 0 aromatic heterocycles. The van der Waals surface area contributed by atoms with Crippen molar-refractivity contribution in [3.8, 4) is 0 Å². The summed E-state index contributed by atoms with van der Waals surface area (Å²) >= 11 is 2.18. The van der Waals surface area contributed by atoms with Gasteiger partial charge in [-0.25, -0.2) is 0 Å². The van der Waals surface area contributed by atoms with Crippen LogP contribution >= 0.6 is 22.6 Å². The smallest absolute Gasteiger partial charge is 0.322 e. The van der Waals surface area contributed by atoms with Crippen molar-refractivity contribution in [1.82, 2.24) is 0 Å². The zero-order valence-corrected chi connectivity index (χ0v) is 15.4.